The van der Waals surface area contributed by atoms with E-state index in [2.05, 4.69) is 6.07 Å². The molecule has 0 aromatic heterocycles. The van der Waals surface area contributed by atoms with Crippen LogP contribution in [0, 0.1) is 17.2 Å². The van der Waals surface area contributed by atoms with Gasteiger partial charge < -0.3 is 9.64 Å². The van der Waals surface area contributed by atoms with E-state index in [-0.39, 0.29) is 12.5 Å². The first-order valence-electron chi connectivity index (χ1n) is 8.21. The van der Waals surface area contributed by atoms with Crippen molar-refractivity contribution in [1.82, 2.24) is 4.90 Å². The minimum Gasteiger partial charge on any atom is -0.482 e. The highest BCUT2D eigenvalue weighted by molar-refractivity contribution is 5.78. The number of carbonyl (C=O) groups is 1. The van der Waals surface area contributed by atoms with Crippen molar-refractivity contribution in [1.29, 1.82) is 5.26 Å². The third kappa shape index (κ3) is 3.09. The molecule has 0 spiro atoms. The monoisotopic (exact) mass is 298 g/mol. The molecule has 1 heterocycles. The highest BCUT2D eigenvalue weighted by atomic mass is 16.5. The highest BCUT2D eigenvalue weighted by Gasteiger charge is 2.35. The molecule has 1 aromatic rings. The fourth-order valence-corrected chi connectivity index (χ4v) is 3.84. The topological polar surface area (TPSA) is 53.3 Å². The van der Waals surface area contributed by atoms with E-state index < -0.39 is 0 Å². The summed E-state index contributed by atoms with van der Waals surface area (Å²) in [7, 11) is 0. The van der Waals surface area contributed by atoms with Gasteiger partial charge in [0.25, 0.3) is 5.91 Å². The lowest BCUT2D eigenvalue weighted by Crippen LogP contribution is -2.51. The van der Waals surface area contributed by atoms with Crippen molar-refractivity contribution in [3.63, 3.8) is 0 Å². The molecular formula is C18H22N2O2. The van der Waals surface area contributed by atoms with E-state index in [0.717, 1.165) is 19.4 Å². The minimum atomic E-state index is 0.0297. The Morgan fingerprint density at radius 2 is 2.00 bits per heavy atom. The number of piperidine rings is 1. The van der Waals surface area contributed by atoms with Crippen LogP contribution in [0.2, 0.25) is 0 Å². The molecule has 4 heteroatoms. The fraction of sp³-hybridized carbons (Fsp3) is 0.556. The van der Waals surface area contributed by atoms with Gasteiger partial charge in [0.05, 0.1) is 5.56 Å². The third-order valence-corrected chi connectivity index (χ3v) is 4.92. The maximum atomic E-state index is 12.5. The SMILES string of the molecule is N#Cc1ccccc1OCC(=O)N1CCC[C@H]2CCCC[C@H]21. The van der Waals surface area contributed by atoms with Crippen LogP contribution >= 0.6 is 0 Å². The van der Waals surface area contributed by atoms with Gasteiger partial charge in [-0.1, -0.05) is 25.0 Å². The van der Waals surface area contributed by atoms with Crippen molar-refractivity contribution in [2.45, 2.75) is 44.6 Å². The van der Waals surface area contributed by atoms with Crippen molar-refractivity contribution >= 4 is 5.91 Å². The van der Waals surface area contributed by atoms with Crippen LogP contribution < -0.4 is 4.74 Å². The van der Waals surface area contributed by atoms with E-state index in [9.17, 15) is 4.79 Å². The first-order chi connectivity index (χ1) is 10.8. The van der Waals surface area contributed by atoms with Crippen molar-refractivity contribution in [2.24, 2.45) is 5.92 Å². The Labute approximate surface area is 131 Å². The molecule has 3 rings (SSSR count). The van der Waals surface area contributed by atoms with Crippen LogP contribution in [0.5, 0.6) is 5.75 Å². The van der Waals surface area contributed by atoms with Gasteiger partial charge >= 0.3 is 0 Å². The molecule has 4 nitrogen and oxygen atoms in total. The average molecular weight is 298 g/mol. The van der Waals surface area contributed by atoms with Gasteiger partial charge in [-0.25, -0.2) is 0 Å². The van der Waals surface area contributed by atoms with E-state index in [4.69, 9.17) is 10.00 Å². The standard InChI is InChI=1S/C18H22N2O2/c19-12-15-7-2-4-10-17(15)22-13-18(21)20-11-5-8-14-6-1-3-9-16(14)20/h2,4,7,10,14,16H,1,3,5-6,8-9,11,13H2/t14-,16-/m1/s1. The number of para-hydroxylation sites is 1. The fourth-order valence-electron chi connectivity index (χ4n) is 3.84. The molecule has 2 atom stereocenters. The molecule has 1 amide bonds. The van der Waals surface area contributed by atoms with Gasteiger partial charge in [0.1, 0.15) is 11.8 Å². The number of hydrogen-bond acceptors (Lipinski definition) is 3. The van der Waals surface area contributed by atoms with Gasteiger partial charge in [0, 0.05) is 12.6 Å². The maximum Gasteiger partial charge on any atom is 0.260 e. The van der Waals surface area contributed by atoms with Crippen molar-refractivity contribution < 1.29 is 9.53 Å². The maximum absolute atomic E-state index is 12.5. The minimum absolute atomic E-state index is 0.0297. The Hall–Kier alpha value is -2.02. The molecule has 1 saturated carbocycles. The zero-order chi connectivity index (χ0) is 15.4. The molecule has 1 aliphatic carbocycles. The lowest BCUT2D eigenvalue weighted by atomic mass is 9.78. The Kier molecular flexibility index (Phi) is 4.62. The lowest BCUT2D eigenvalue weighted by Gasteiger charge is -2.44. The Balaban J connectivity index is 1.63. The third-order valence-electron chi connectivity index (χ3n) is 4.92. The van der Waals surface area contributed by atoms with Gasteiger partial charge in [-0.15, -0.1) is 0 Å². The summed E-state index contributed by atoms with van der Waals surface area (Å²) in [4.78, 5) is 14.6. The summed E-state index contributed by atoms with van der Waals surface area (Å²) >= 11 is 0. The average Bonchev–Trinajstić information content (AvgIpc) is 2.59. The van der Waals surface area contributed by atoms with E-state index in [1.54, 1.807) is 18.2 Å². The normalized spacial score (nSPS) is 24.2. The van der Waals surface area contributed by atoms with E-state index in [1.165, 1.54) is 25.7 Å². The molecule has 0 bridgehead atoms. The summed E-state index contributed by atoms with van der Waals surface area (Å²) in [5, 5.41) is 9.06. The number of fused-ring (bicyclic) bond motifs is 1. The zero-order valence-electron chi connectivity index (χ0n) is 12.8. The van der Waals surface area contributed by atoms with E-state index >= 15 is 0 Å². The molecule has 1 aromatic carbocycles. The molecule has 1 aliphatic heterocycles. The highest BCUT2D eigenvalue weighted by Crippen LogP contribution is 2.35. The summed E-state index contributed by atoms with van der Waals surface area (Å²) < 4.78 is 5.61. The summed E-state index contributed by atoms with van der Waals surface area (Å²) in [6, 6.07) is 9.56. The van der Waals surface area contributed by atoms with Crippen LogP contribution in [0.3, 0.4) is 0 Å². The summed E-state index contributed by atoms with van der Waals surface area (Å²) in [6.07, 6.45) is 7.27. The summed E-state index contributed by atoms with van der Waals surface area (Å²) in [5.41, 5.74) is 0.476. The van der Waals surface area contributed by atoms with Crippen LogP contribution in [0.15, 0.2) is 24.3 Å². The summed E-state index contributed by atoms with van der Waals surface area (Å²) in [5.74, 6) is 1.23. The van der Waals surface area contributed by atoms with E-state index in [0.29, 0.717) is 23.3 Å². The molecule has 2 fully saturated rings. The van der Waals surface area contributed by atoms with Crippen molar-refractivity contribution in [2.75, 3.05) is 13.2 Å². The molecule has 22 heavy (non-hydrogen) atoms. The molecule has 1 saturated heterocycles. The van der Waals surface area contributed by atoms with Crippen LogP contribution in [0.25, 0.3) is 0 Å². The first-order valence-corrected chi connectivity index (χ1v) is 8.21. The number of likely N-dealkylation sites (tertiary alicyclic amines) is 1. The number of rotatable bonds is 3. The van der Waals surface area contributed by atoms with Crippen LogP contribution in [0.4, 0.5) is 0 Å². The zero-order valence-corrected chi connectivity index (χ0v) is 12.8. The van der Waals surface area contributed by atoms with Gasteiger partial charge in [0.15, 0.2) is 6.61 Å². The summed E-state index contributed by atoms with van der Waals surface area (Å²) in [6.45, 7) is 0.880. The van der Waals surface area contributed by atoms with E-state index in [1.807, 2.05) is 11.0 Å². The molecular weight excluding hydrogens is 276 g/mol. The number of hydrogen-bond donors (Lipinski definition) is 0. The largest absolute Gasteiger partial charge is 0.482 e. The predicted molar refractivity (Wildman–Crippen MR) is 83.3 cm³/mol. The molecule has 0 N–H and O–H groups in total. The predicted octanol–water partition coefficient (Wildman–Crippen LogP) is 3.12. The second-order valence-corrected chi connectivity index (χ2v) is 6.24. The van der Waals surface area contributed by atoms with Gasteiger partial charge in [-0.2, -0.15) is 5.26 Å². The van der Waals surface area contributed by atoms with Crippen LogP contribution in [-0.2, 0) is 4.79 Å². The Morgan fingerprint density at radius 1 is 1.23 bits per heavy atom. The van der Waals surface area contributed by atoms with Gasteiger partial charge in [0.2, 0.25) is 0 Å². The Morgan fingerprint density at radius 3 is 2.86 bits per heavy atom. The molecule has 2 aliphatic rings. The quantitative estimate of drug-likeness (QED) is 0.861. The molecule has 0 radical (unpaired) electrons. The van der Waals surface area contributed by atoms with Crippen LogP contribution in [0.1, 0.15) is 44.1 Å². The smallest absolute Gasteiger partial charge is 0.260 e. The van der Waals surface area contributed by atoms with Crippen molar-refractivity contribution in [3.05, 3.63) is 29.8 Å². The van der Waals surface area contributed by atoms with Crippen LogP contribution in [-0.4, -0.2) is 30.0 Å². The number of nitrogens with zero attached hydrogens (tertiary/aromatic N) is 2. The lowest BCUT2D eigenvalue weighted by molar-refractivity contribution is -0.139. The second kappa shape index (κ2) is 6.83. The number of carbonyl (C=O) groups excluding carboxylic acids is 1. The van der Waals surface area contributed by atoms with Gasteiger partial charge in [-0.05, 0) is 43.7 Å². The first kappa shape index (κ1) is 14.9. The molecule has 116 valence electrons. The number of ether oxygens (including phenoxy) is 1. The second-order valence-electron chi connectivity index (χ2n) is 6.24. The molecule has 0 unspecified atom stereocenters. The van der Waals surface area contributed by atoms with Gasteiger partial charge in [-0.3, -0.25) is 4.79 Å². The Bertz CT molecular complexity index is 577. The van der Waals surface area contributed by atoms with Crippen molar-refractivity contribution in [3.8, 4) is 11.8 Å². The number of benzene rings is 1. The number of amides is 1. The number of nitriles is 1.